The van der Waals surface area contributed by atoms with Crippen LogP contribution in [-0.4, -0.2) is 4.98 Å². The average molecular weight is 157 g/mol. The summed E-state index contributed by atoms with van der Waals surface area (Å²) in [6, 6.07) is 9.95. The van der Waals surface area contributed by atoms with Crippen LogP contribution in [0.5, 0.6) is 0 Å². The molecule has 0 fully saturated rings. The van der Waals surface area contributed by atoms with Crippen molar-refractivity contribution in [2.24, 2.45) is 0 Å². The third-order valence-electron chi connectivity index (χ3n) is 1.85. The van der Waals surface area contributed by atoms with Gasteiger partial charge in [0.1, 0.15) is 0 Å². The molecule has 0 aliphatic carbocycles. The fourth-order valence-corrected chi connectivity index (χ4v) is 1.21. The second-order valence-corrected chi connectivity index (χ2v) is 2.71. The number of hydrogen-bond acceptors (Lipinski definition) is 1. The molecule has 1 N–H and O–H groups in total. The van der Waals surface area contributed by atoms with Crippen molar-refractivity contribution in [1.82, 2.24) is 10.7 Å². The quantitative estimate of drug-likeness (QED) is 0.623. The lowest BCUT2D eigenvalue weighted by Crippen LogP contribution is -1.86. The second kappa shape index (κ2) is 2.91. The molecule has 2 aromatic rings. The summed E-state index contributed by atoms with van der Waals surface area (Å²) in [5.74, 6) is 0. The summed E-state index contributed by atoms with van der Waals surface area (Å²) in [5, 5.41) is 1.11. The average Bonchev–Trinajstić information content (AvgIpc) is 2.17. The Morgan fingerprint density at radius 3 is 2.92 bits per heavy atom. The van der Waals surface area contributed by atoms with Crippen LogP contribution in [0.4, 0.5) is 0 Å². The smallest absolute Gasteiger partial charge is 0.0702 e. The molecule has 0 atom stereocenters. The van der Waals surface area contributed by atoms with Gasteiger partial charge < -0.3 is 0 Å². The van der Waals surface area contributed by atoms with E-state index in [9.17, 15) is 0 Å². The molecule has 0 spiro atoms. The normalized spacial score (nSPS) is 10.4. The Kier molecular flexibility index (Phi) is 1.76. The fourth-order valence-electron chi connectivity index (χ4n) is 1.21. The maximum Gasteiger partial charge on any atom is 0.0702 e. The standard InChI is InChI=1S/C10H9N2/c11-6-8-5-9-3-1-2-4-10(9)12-7-8/h1-5,7,11H,6H2. The minimum Gasteiger partial charge on any atom is -0.256 e. The number of aromatic nitrogens is 1. The molecular formula is C10H9N2. The number of nitrogens with one attached hydrogen (secondary N) is 1. The van der Waals surface area contributed by atoms with Crippen molar-refractivity contribution in [2.45, 2.75) is 6.54 Å². The van der Waals surface area contributed by atoms with Crippen LogP contribution in [0.1, 0.15) is 5.56 Å². The molecule has 12 heavy (non-hydrogen) atoms. The minimum atomic E-state index is 0.303. The number of benzene rings is 1. The summed E-state index contributed by atoms with van der Waals surface area (Å²) in [6.45, 7) is 0.303. The van der Waals surface area contributed by atoms with Gasteiger partial charge in [0.15, 0.2) is 0 Å². The van der Waals surface area contributed by atoms with Crippen molar-refractivity contribution in [2.75, 3.05) is 0 Å². The van der Waals surface area contributed by atoms with Crippen LogP contribution in [0.2, 0.25) is 0 Å². The zero-order valence-corrected chi connectivity index (χ0v) is 6.62. The van der Waals surface area contributed by atoms with Crippen LogP contribution in [0.15, 0.2) is 36.5 Å². The Balaban J connectivity index is 2.67. The van der Waals surface area contributed by atoms with Gasteiger partial charge in [0, 0.05) is 18.1 Å². The first-order chi connectivity index (χ1) is 5.90. The molecule has 0 saturated heterocycles. The highest BCUT2D eigenvalue weighted by Crippen LogP contribution is 2.11. The van der Waals surface area contributed by atoms with Crippen LogP contribution in [0.25, 0.3) is 10.9 Å². The molecular weight excluding hydrogens is 148 g/mol. The van der Waals surface area contributed by atoms with Crippen molar-refractivity contribution in [3.63, 3.8) is 0 Å². The summed E-state index contributed by atoms with van der Waals surface area (Å²) in [6.07, 6.45) is 1.76. The van der Waals surface area contributed by atoms with E-state index in [1.54, 1.807) is 6.20 Å². The second-order valence-electron chi connectivity index (χ2n) is 2.71. The van der Waals surface area contributed by atoms with Gasteiger partial charge in [0.25, 0.3) is 0 Å². The van der Waals surface area contributed by atoms with E-state index in [1.165, 1.54) is 0 Å². The van der Waals surface area contributed by atoms with Crippen LogP contribution >= 0.6 is 0 Å². The first-order valence-corrected chi connectivity index (χ1v) is 3.88. The van der Waals surface area contributed by atoms with Crippen molar-refractivity contribution in [3.05, 3.63) is 42.1 Å². The molecule has 0 aliphatic rings. The Bertz CT molecular complexity index is 396. The molecule has 59 valence electrons. The molecule has 1 radical (unpaired) electrons. The molecule has 2 nitrogen and oxygen atoms in total. The topological polar surface area (TPSA) is 36.7 Å². The lowest BCUT2D eigenvalue weighted by molar-refractivity contribution is 1.02. The molecule has 2 heteroatoms. The van der Waals surface area contributed by atoms with Gasteiger partial charge in [-0.05, 0) is 17.7 Å². The predicted octanol–water partition coefficient (Wildman–Crippen LogP) is 2.02. The first kappa shape index (κ1) is 7.25. The lowest BCUT2D eigenvalue weighted by Gasteiger charge is -1.98. The molecule has 0 saturated carbocycles. The van der Waals surface area contributed by atoms with Crippen molar-refractivity contribution >= 4 is 10.9 Å². The van der Waals surface area contributed by atoms with Crippen LogP contribution in [0.3, 0.4) is 0 Å². The van der Waals surface area contributed by atoms with Gasteiger partial charge in [-0.3, -0.25) is 10.7 Å². The van der Waals surface area contributed by atoms with E-state index >= 15 is 0 Å². The molecule has 1 aromatic carbocycles. The van der Waals surface area contributed by atoms with E-state index in [0.29, 0.717) is 6.54 Å². The van der Waals surface area contributed by atoms with Crippen molar-refractivity contribution < 1.29 is 0 Å². The molecule has 2 rings (SSSR count). The third-order valence-corrected chi connectivity index (χ3v) is 1.85. The maximum absolute atomic E-state index is 7.18. The van der Waals surface area contributed by atoms with Gasteiger partial charge >= 0.3 is 0 Å². The van der Waals surface area contributed by atoms with Crippen molar-refractivity contribution in [3.8, 4) is 0 Å². The summed E-state index contributed by atoms with van der Waals surface area (Å²) < 4.78 is 0. The zero-order valence-electron chi connectivity index (χ0n) is 6.62. The summed E-state index contributed by atoms with van der Waals surface area (Å²) in [7, 11) is 0. The Morgan fingerprint density at radius 1 is 1.25 bits per heavy atom. The van der Waals surface area contributed by atoms with Gasteiger partial charge in [-0.2, -0.15) is 0 Å². The number of para-hydroxylation sites is 1. The largest absolute Gasteiger partial charge is 0.256 e. The van der Waals surface area contributed by atoms with Crippen LogP contribution in [0, 0.1) is 0 Å². The Hall–Kier alpha value is -1.41. The number of fused-ring (bicyclic) bond motifs is 1. The van der Waals surface area contributed by atoms with E-state index in [-0.39, 0.29) is 0 Å². The predicted molar refractivity (Wildman–Crippen MR) is 48.5 cm³/mol. The van der Waals surface area contributed by atoms with Gasteiger partial charge in [0.2, 0.25) is 0 Å². The third kappa shape index (κ3) is 1.17. The fraction of sp³-hybridized carbons (Fsp3) is 0.100. The SMILES string of the molecule is [NH]Cc1cnc2ccccc2c1. The summed E-state index contributed by atoms with van der Waals surface area (Å²) >= 11 is 0. The molecule has 1 aromatic heterocycles. The van der Waals surface area contributed by atoms with E-state index in [0.717, 1.165) is 16.5 Å². The van der Waals surface area contributed by atoms with Gasteiger partial charge in [-0.25, -0.2) is 0 Å². The summed E-state index contributed by atoms with van der Waals surface area (Å²) in [4.78, 5) is 4.23. The molecule has 0 bridgehead atoms. The molecule has 1 heterocycles. The number of rotatable bonds is 1. The molecule has 0 aliphatic heterocycles. The number of nitrogens with zero attached hydrogens (tertiary/aromatic N) is 1. The van der Waals surface area contributed by atoms with Gasteiger partial charge in [0.05, 0.1) is 5.52 Å². The Morgan fingerprint density at radius 2 is 2.08 bits per heavy atom. The van der Waals surface area contributed by atoms with Crippen LogP contribution < -0.4 is 5.73 Å². The van der Waals surface area contributed by atoms with E-state index in [4.69, 9.17) is 5.73 Å². The first-order valence-electron chi connectivity index (χ1n) is 3.88. The highest BCUT2D eigenvalue weighted by atomic mass is 14.7. The number of hydrogen-bond donors (Lipinski definition) is 0. The number of pyridine rings is 1. The van der Waals surface area contributed by atoms with E-state index in [2.05, 4.69) is 4.98 Å². The lowest BCUT2D eigenvalue weighted by atomic mass is 10.2. The molecule has 0 unspecified atom stereocenters. The van der Waals surface area contributed by atoms with Crippen LogP contribution in [-0.2, 0) is 6.54 Å². The highest BCUT2D eigenvalue weighted by molar-refractivity contribution is 5.78. The van der Waals surface area contributed by atoms with Gasteiger partial charge in [-0.1, -0.05) is 18.2 Å². The van der Waals surface area contributed by atoms with E-state index < -0.39 is 0 Å². The zero-order chi connectivity index (χ0) is 8.39. The minimum absolute atomic E-state index is 0.303. The summed E-state index contributed by atoms with van der Waals surface area (Å²) in [5.41, 5.74) is 9.14. The molecule has 0 amide bonds. The maximum atomic E-state index is 7.18. The van der Waals surface area contributed by atoms with Crippen molar-refractivity contribution in [1.29, 1.82) is 0 Å². The Labute approximate surface area is 71.0 Å². The monoisotopic (exact) mass is 157 g/mol. The highest BCUT2D eigenvalue weighted by Gasteiger charge is 1.94. The van der Waals surface area contributed by atoms with Gasteiger partial charge in [-0.15, -0.1) is 0 Å². The van der Waals surface area contributed by atoms with E-state index in [1.807, 2.05) is 30.3 Å².